The number of hydrogen-bond donors (Lipinski definition) is 1. The standard InChI is InChI=1S/C16H26N2/c1-13-6-5-7-14(10-13)15(17-4)11-18-9-8-16(2,3)12-18/h5-7,10,15,17H,8-9,11-12H2,1-4H3. The second kappa shape index (κ2) is 5.41. The average molecular weight is 246 g/mol. The van der Waals surface area contributed by atoms with Gasteiger partial charge in [0.1, 0.15) is 0 Å². The van der Waals surface area contributed by atoms with Gasteiger partial charge in [-0.2, -0.15) is 0 Å². The van der Waals surface area contributed by atoms with Crippen LogP contribution in [0.2, 0.25) is 0 Å². The molecule has 1 fully saturated rings. The molecule has 18 heavy (non-hydrogen) atoms. The van der Waals surface area contributed by atoms with Crippen molar-refractivity contribution in [2.75, 3.05) is 26.7 Å². The highest BCUT2D eigenvalue weighted by atomic mass is 15.2. The molecule has 0 amide bonds. The van der Waals surface area contributed by atoms with E-state index in [0.717, 1.165) is 6.54 Å². The molecule has 1 aromatic rings. The van der Waals surface area contributed by atoms with E-state index >= 15 is 0 Å². The van der Waals surface area contributed by atoms with Crippen molar-refractivity contribution in [3.63, 3.8) is 0 Å². The van der Waals surface area contributed by atoms with Gasteiger partial charge in [0, 0.05) is 19.1 Å². The molecule has 1 aliphatic rings. The van der Waals surface area contributed by atoms with Crippen molar-refractivity contribution in [3.05, 3.63) is 35.4 Å². The van der Waals surface area contributed by atoms with Gasteiger partial charge in [-0.25, -0.2) is 0 Å². The minimum absolute atomic E-state index is 0.443. The van der Waals surface area contributed by atoms with Crippen LogP contribution in [-0.4, -0.2) is 31.6 Å². The number of benzene rings is 1. The molecule has 2 rings (SSSR count). The van der Waals surface area contributed by atoms with Crippen molar-refractivity contribution >= 4 is 0 Å². The van der Waals surface area contributed by atoms with Crippen molar-refractivity contribution in [3.8, 4) is 0 Å². The first-order chi connectivity index (χ1) is 8.50. The van der Waals surface area contributed by atoms with Crippen molar-refractivity contribution < 1.29 is 0 Å². The highest BCUT2D eigenvalue weighted by molar-refractivity contribution is 5.25. The smallest absolute Gasteiger partial charge is 0.0446 e. The fraction of sp³-hybridized carbons (Fsp3) is 0.625. The van der Waals surface area contributed by atoms with Crippen molar-refractivity contribution in [1.82, 2.24) is 10.2 Å². The number of rotatable bonds is 4. The summed E-state index contributed by atoms with van der Waals surface area (Å²) in [5, 5.41) is 3.46. The van der Waals surface area contributed by atoms with Crippen LogP contribution in [0.25, 0.3) is 0 Å². The van der Waals surface area contributed by atoms with Crippen LogP contribution in [-0.2, 0) is 0 Å². The average Bonchev–Trinajstić information content (AvgIpc) is 2.65. The van der Waals surface area contributed by atoms with Gasteiger partial charge in [0.15, 0.2) is 0 Å². The zero-order valence-electron chi connectivity index (χ0n) is 12.2. The monoisotopic (exact) mass is 246 g/mol. The fourth-order valence-electron chi connectivity index (χ4n) is 2.89. The maximum atomic E-state index is 3.46. The highest BCUT2D eigenvalue weighted by Crippen LogP contribution is 2.30. The number of likely N-dealkylation sites (tertiary alicyclic amines) is 1. The van der Waals surface area contributed by atoms with E-state index in [1.165, 1.54) is 30.6 Å². The van der Waals surface area contributed by atoms with E-state index in [1.54, 1.807) is 0 Å². The molecule has 1 saturated heterocycles. The predicted molar refractivity (Wildman–Crippen MR) is 77.8 cm³/mol. The van der Waals surface area contributed by atoms with E-state index < -0.39 is 0 Å². The van der Waals surface area contributed by atoms with Gasteiger partial charge < -0.3 is 10.2 Å². The normalized spacial score (nSPS) is 21.1. The molecule has 2 nitrogen and oxygen atoms in total. The number of nitrogens with one attached hydrogen (secondary N) is 1. The minimum Gasteiger partial charge on any atom is -0.312 e. The molecule has 0 aliphatic carbocycles. The van der Waals surface area contributed by atoms with Crippen LogP contribution in [0.1, 0.15) is 37.4 Å². The molecule has 0 bridgehead atoms. The SMILES string of the molecule is CNC(CN1CCC(C)(C)C1)c1cccc(C)c1. The summed E-state index contributed by atoms with van der Waals surface area (Å²) in [5.41, 5.74) is 3.24. The zero-order valence-corrected chi connectivity index (χ0v) is 12.2. The van der Waals surface area contributed by atoms with Crippen LogP contribution in [0.4, 0.5) is 0 Å². The lowest BCUT2D eigenvalue weighted by Crippen LogP contribution is -2.33. The summed E-state index contributed by atoms with van der Waals surface area (Å²) in [6.07, 6.45) is 1.32. The quantitative estimate of drug-likeness (QED) is 0.878. The molecule has 1 heterocycles. The molecule has 0 spiro atoms. The summed E-state index contributed by atoms with van der Waals surface area (Å²) in [5.74, 6) is 0. The van der Waals surface area contributed by atoms with Gasteiger partial charge in [0.25, 0.3) is 0 Å². The van der Waals surface area contributed by atoms with Gasteiger partial charge in [0.05, 0.1) is 0 Å². The number of nitrogens with zero attached hydrogens (tertiary/aromatic N) is 1. The largest absolute Gasteiger partial charge is 0.312 e. The summed E-state index contributed by atoms with van der Waals surface area (Å²) in [7, 11) is 2.06. The third-order valence-electron chi connectivity index (χ3n) is 3.99. The van der Waals surface area contributed by atoms with E-state index in [-0.39, 0.29) is 0 Å². The maximum absolute atomic E-state index is 3.46. The Balaban J connectivity index is 2.02. The molecule has 1 aliphatic heterocycles. The van der Waals surface area contributed by atoms with Crippen LogP contribution in [0.5, 0.6) is 0 Å². The van der Waals surface area contributed by atoms with Gasteiger partial charge in [0.2, 0.25) is 0 Å². The van der Waals surface area contributed by atoms with Gasteiger partial charge in [-0.3, -0.25) is 0 Å². The molecule has 1 aromatic carbocycles. The Hall–Kier alpha value is -0.860. The van der Waals surface area contributed by atoms with E-state index in [0.29, 0.717) is 11.5 Å². The molecule has 1 unspecified atom stereocenters. The second-order valence-corrected chi connectivity index (χ2v) is 6.40. The molecule has 1 N–H and O–H groups in total. The molecule has 2 heteroatoms. The van der Waals surface area contributed by atoms with E-state index in [2.05, 4.69) is 62.3 Å². The number of hydrogen-bond acceptors (Lipinski definition) is 2. The number of aryl methyl sites for hydroxylation is 1. The second-order valence-electron chi connectivity index (χ2n) is 6.40. The molecular weight excluding hydrogens is 220 g/mol. The topological polar surface area (TPSA) is 15.3 Å². The Bertz CT molecular complexity index is 398. The first-order valence-electron chi connectivity index (χ1n) is 6.96. The molecule has 0 aromatic heterocycles. The summed E-state index contributed by atoms with van der Waals surface area (Å²) < 4.78 is 0. The minimum atomic E-state index is 0.443. The lowest BCUT2D eigenvalue weighted by Gasteiger charge is -2.25. The van der Waals surface area contributed by atoms with Crippen LogP contribution in [0.15, 0.2) is 24.3 Å². The Morgan fingerprint density at radius 1 is 1.39 bits per heavy atom. The third kappa shape index (κ3) is 3.33. The van der Waals surface area contributed by atoms with Gasteiger partial charge in [-0.1, -0.05) is 43.7 Å². The van der Waals surface area contributed by atoms with E-state index in [4.69, 9.17) is 0 Å². The van der Waals surface area contributed by atoms with Gasteiger partial charge in [-0.15, -0.1) is 0 Å². The van der Waals surface area contributed by atoms with Crippen LogP contribution >= 0.6 is 0 Å². The third-order valence-corrected chi connectivity index (χ3v) is 3.99. The summed E-state index contributed by atoms with van der Waals surface area (Å²) >= 11 is 0. The molecule has 1 atom stereocenters. The first kappa shape index (κ1) is 13.6. The van der Waals surface area contributed by atoms with Gasteiger partial charge in [-0.05, 0) is 37.9 Å². The van der Waals surface area contributed by atoms with Crippen LogP contribution < -0.4 is 5.32 Å². The van der Waals surface area contributed by atoms with Gasteiger partial charge >= 0.3 is 0 Å². The summed E-state index contributed by atoms with van der Waals surface area (Å²) in [6.45, 7) is 10.5. The van der Waals surface area contributed by atoms with Crippen LogP contribution in [0.3, 0.4) is 0 Å². The summed E-state index contributed by atoms with van der Waals surface area (Å²) in [6, 6.07) is 9.29. The first-order valence-corrected chi connectivity index (χ1v) is 6.96. The highest BCUT2D eigenvalue weighted by Gasteiger charge is 2.30. The Kier molecular flexibility index (Phi) is 4.08. The van der Waals surface area contributed by atoms with E-state index in [9.17, 15) is 0 Å². The summed E-state index contributed by atoms with van der Waals surface area (Å²) in [4.78, 5) is 2.59. The molecule has 100 valence electrons. The lowest BCUT2D eigenvalue weighted by molar-refractivity contribution is 0.265. The predicted octanol–water partition coefficient (Wildman–Crippen LogP) is 2.99. The van der Waals surface area contributed by atoms with Crippen molar-refractivity contribution in [2.45, 2.75) is 33.2 Å². The van der Waals surface area contributed by atoms with Crippen LogP contribution in [0, 0.1) is 12.3 Å². The fourth-order valence-corrected chi connectivity index (χ4v) is 2.89. The van der Waals surface area contributed by atoms with E-state index in [1.807, 2.05) is 0 Å². The number of likely N-dealkylation sites (N-methyl/N-ethyl adjacent to an activating group) is 1. The molecule has 0 radical (unpaired) electrons. The Morgan fingerprint density at radius 2 is 2.17 bits per heavy atom. The van der Waals surface area contributed by atoms with Crippen molar-refractivity contribution in [2.24, 2.45) is 5.41 Å². The molecule has 0 saturated carbocycles. The molecular formula is C16H26N2. The Labute approximate surface area is 111 Å². The van der Waals surface area contributed by atoms with Crippen molar-refractivity contribution in [1.29, 1.82) is 0 Å². The lowest BCUT2D eigenvalue weighted by atomic mass is 9.93. The maximum Gasteiger partial charge on any atom is 0.0446 e. The Morgan fingerprint density at radius 3 is 2.72 bits per heavy atom. The zero-order chi connectivity index (χ0) is 13.2.